The zero-order valence-electron chi connectivity index (χ0n) is 17.2. The van der Waals surface area contributed by atoms with E-state index in [1.54, 1.807) is 17.2 Å². The lowest BCUT2D eigenvalue weighted by Crippen LogP contribution is -2.28. The topological polar surface area (TPSA) is 103 Å². The minimum atomic E-state index is -0.304. The SMILES string of the molecule is O=C(NCc1cccnc1-n1cncn1)Nc1cccc(COCC2CCCCO2)c1. The summed E-state index contributed by atoms with van der Waals surface area (Å²) in [5.74, 6) is 0.626. The first kappa shape index (κ1) is 21.0. The molecule has 0 bridgehead atoms. The normalized spacial score (nSPS) is 16.1. The van der Waals surface area contributed by atoms with E-state index in [0.29, 0.717) is 31.3 Å². The van der Waals surface area contributed by atoms with Crippen LogP contribution in [-0.4, -0.2) is 45.1 Å². The Hall–Kier alpha value is -3.30. The van der Waals surface area contributed by atoms with E-state index in [-0.39, 0.29) is 12.1 Å². The van der Waals surface area contributed by atoms with Crippen LogP contribution in [0.15, 0.2) is 55.2 Å². The van der Waals surface area contributed by atoms with Crippen LogP contribution in [0.5, 0.6) is 0 Å². The third kappa shape index (κ3) is 6.09. The van der Waals surface area contributed by atoms with Crippen molar-refractivity contribution in [3.05, 3.63) is 66.4 Å². The van der Waals surface area contributed by atoms with Crippen molar-refractivity contribution < 1.29 is 14.3 Å². The van der Waals surface area contributed by atoms with E-state index < -0.39 is 0 Å². The standard InChI is InChI=1S/C22H26N6O3/c29-22(25-12-18-6-4-9-24-21(18)28-16-23-15-26-28)27-19-7-3-5-17(11-19)13-30-14-20-8-1-2-10-31-20/h3-7,9,11,15-16,20H,1-2,8,10,12-14H2,(H2,25,27,29). The predicted octanol–water partition coefficient (Wildman–Crippen LogP) is 3.07. The van der Waals surface area contributed by atoms with E-state index in [4.69, 9.17) is 9.47 Å². The van der Waals surface area contributed by atoms with Gasteiger partial charge >= 0.3 is 6.03 Å². The fourth-order valence-corrected chi connectivity index (χ4v) is 3.43. The quantitative estimate of drug-likeness (QED) is 0.578. The molecule has 2 amide bonds. The number of benzene rings is 1. The monoisotopic (exact) mass is 422 g/mol. The number of pyridine rings is 1. The lowest BCUT2D eigenvalue weighted by Gasteiger charge is -2.22. The Morgan fingerprint density at radius 3 is 3.06 bits per heavy atom. The van der Waals surface area contributed by atoms with Crippen molar-refractivity contribution >= 4 is 11.7 Å². The minimum Gasteiger partial charge on any atom is -0.376 e. The Kier molecular flexibility index (Phi) is 7.20. The molecule has 1 aliphatic heterocycles. The largest absolute Gasteiger partial charge is 0.376 e. The Morgan fingerprint density at radius 2 is 2.23 bits per heavy atom. The summed E-state index contributed by atoms with van der Waals surface area (Å²) in [5.41, 5.74) is 2.53. The first-order valence-electron chi connectivity index (χ1n) is 10.4. The number of aromatic nitrogens is 4. The fraction of sp³-hybridized carbons (Fsp3) is 0.364. The van der Waals surface area contributed by atoms with Crippen LogP contribution in [0.25, 0.3) is 5.82 Å². The highest BCUT2D eigenvalue weighted by atomic mass is 16.5. The summed E-state index contributed by atoms with van der Waals surface area (Å²) >= 11 is 0. The molecule has 1 unspecified atom stereocenters. The predicted molar refractivity (Wildman–Crippen MR) is 115 cm³/mol. The second-order valence-electron chi connectivity index (χ2n) is 7.34. The van der Waals surface area contributed by atoms with Crippen molar-refractivity contribution in [2.45, 2.75) is 38.5 Å². The highest BCUT2D eigenvalue weighted by Gasteiger charge is 2.14. The molecule has 1 aliphatic rings. The van der Waals surface area contributed by atoms with Gasteiger partial charge in [0.15, 0.2) is 5.82 Å². The van der Waals surface area contributed by atoms with Gasteiger partial charge in [-0.05, 0) is 43.0 Å². The van der Waals surface area contributed by atoms with Gasteiger partial charge in [-0.25, -0.2) is 19.4 Å². The molecule has 3 heterocycles. The van der Waals surface area contributed by atoms with Crippen molar-refractivity contribution in [2.75, 3.05) is 18.5 Å². The van der Waals surface area contributed by atoms with Crippen molar-refractivity contribution in [1.82, 2.24) is 25.1 Å². The van der Waals surface area contributed by atoms with Gasteiger partial charge in [-0.3, -0.25) is 0 Å². The molecule has 9 heteroatoms. The molecule has 2 aromatic heterocycles. The molecule has 1 atom stereocenters. The van der Waals surface area contributed by atoms with Gasteiger partial charge < -0.3 is 20.1 Å². The van der Waals surface area contributed by atoms with E-state index >= 15 is 0 Å². The maximum Gasteiger partial charge on any atom is 0.319 e. The van der Waals surface area contributed by atoms with E-state index in [9.17, 15) is 4.79 Å². The summed E-state index contributed by atoms with van der Waals surface area (Å²) in [7, 11) is 0. The van der Waals surface area contributed by atoms with Crippen LogP contribution >= 0.6 is 0 Å². The molecular formula is C22H26N6O3. The number of rotatable bonds is 8. The second-order valence-corrected chi connectivity index (χ2v) is 7.34. The van der Waals surface area contributed by atoms with E-state index in [2.05, 4.69) is 25.7 Å². The first-order chi connectivity index (χ1) is 15.3. The molecular weight excluding hydrogens is 396 g/mol. The molecule has 0 aliphatic carbocycles. The first-order valence-corrected chi connectivity index (χ1v) is 10.4. The highest BCUT2D eigenvalue weighted by Crippen LogP contribution is 2.15. The minimum absolute atomic E-state index is 0.190. The van der Waals surface area contributed by atoms with Crippen LogP contribution in [0.2, 0.25) is 0 Å². The third-order valence-corrected chi connectivity index (χ3v) is 4.97. The molecule has 1 saturated heterocycles. The number of amides is 2. The van der Waals surface area contributed by atoms with Gasteiger partial charge in [0.05, 0.1) is 19.3 Å². The second kappa shape index (κ2) is 10.6. The summed E-state index contributed by atoms with van der Waals surface area (Å²) in [6.45, 7) is 2.20. The number of carbonyl (C=O) groups excluding carboxylic acids is 1. The van der Waals surface area contributed by atoms with Crippen LogP contribution in [0.3, 0.4) is 0 Å². The van der Waals surface area contributed by atoms with Gasteiger partial charge in [-0.15, -0.1) is 0 Å². The number of nitrogens with zero attached hydrogens (tertiary/aromatic N) is 4. The summed E-state index contributed by atoms with van der Waals surface area (Å²) in [4.78, 5) is 20.7. The number of hydrogen-bond acceptors (Lipinski definition) is 6. The smallest absolute Gasteiger partial charge is 0.319 e. The molecule has 0 spiro atoms. The molecule has 31 heavy (non-hydrogen) atoms. The van der Waals surface area contributed by atoms with Crippen molar-refractivity contribution in [3.8, 4) is 5.82 Å². The van der Waals surface area contributed by atoms with Crippen LogP contribution in [0.4, 0.5) is 10.5 Å². The summed E-state index contributed by atoms with van der Waals surface area (Å²) in [5, 5.41) is 9.82. The van der Waals surface area contributed by atoms with Crippen LogP contribution in [-0.2, 0) is 22.6 Å². The summed E-state index contributed by atoms with van der Waals surface area (Å²) < 4.78 is 13.0. The number of nitrogens with one attached hydrogen (secondary N) is 2. The zero-order chi connectivity index (χ0) is 21.3. The number of hydrogen-bond donors (Lipinski definition) is 2. The summed E-state index contributed by atoms with van der Waals surface area (Å²) in [6.07, 6.45) is 8.26. The summed E-state index contributed by atoms with van der Waals surface area (Å²) in [6, 6.07) is 11.0. The molecule has 1 aromatic carbocycles. The van der Waals surface area contributed by atoms with Crippen molar-refractivity contribution in [1.29, 1.82) is 0 Å². The number of urea groups is 1. The average Bonchev–Trinajstić information content (AvgIpc) is 3.34. The molecule has 3 aromatic rings. The highest BCUT2D eigenvalue weighted by molar-refractivity contribution is 5.89. The van der Waals surface area contributed by atoms with Gasteiger partial charge in [0.2, 0.25) is 0 Å². The van der Waals surface area contributed by atoms with Gasteiger partial charge in [0, 0.05) is 30.6 Å². The van der Waals surface area contributed by atoms with Crippen molar-refractivity contribution in [2.24, 2.45) is 0 Å². The van der Waals surface area contributed by atoms with Gasteiger partial charge in [0.25, 0.3) is 0 Å². The maximum atomic E-state index is 12.4. The lowest BCUT2D eigenvalue weighted by atomic mass is 10.1. The molecule has 0 saturated carbocycles. The maximum absolute atomic E-state index is 12.4. The molecule has 9 nitrogen and oxygen atoms in total. The Morgan fingerprint density at radius 1 is 1.26 bits per heavy atom. The van der Waals surface area contributed by atoms with Gasteiger partial charge in [0.1, 0.15) is 12.7 Å². The number of carbonyl (C=O) groups is 1. The number of ether oxygens (including phenoxy) is 2. The van der Waals surface area contributed by atoms with Crippen LogP contribution < -0.4 is 10.6 Å². The van der Waals surface area contributed by atoms with Crippen molar-refractivity contribution in [3.63, 3.8) is 0 Å². The lowest BCUT2D eigenvalue weighted by molar-refractivity contribution is -0.0447. The molecule has 2 N–H and O–H groups in total. The van der Waals surface area contributed by atoms with Gasteiger partial charge in [-0.2, -0.15) is 5.10 Å². The Labute approximate surface area is 180 Å². The van der Waals surface area contributed by atoms with Crippen LogP contribution in [0, 0.1) is 0 Å². The average molecular weight is 422 g/mol. The zero-order valence-corrected chi connectivity index (χ0v) is 17.2. The molecule has 162 valence electrons. The van der Waals surface area contributed by atoms with Gasteiger partial charge in [-0.1, -0.05) is 18.2 Å². The Balaban J connectivity index is 1.27. The third-order valence-electron chi connectivity index (χ3n) is 4.97. The number of anilines is 1. The van der Waals surface area contributed by atoms with Crippen LogP contribution in [0.1, 0.15) is 30.4 Å². The molecule has 0 radical (unpaired) electrons. The van der Waals surface area contributed by atoms with E-state index in [1.807, 2.05) is 36.4 Å². The molecule has 1 fully saturated rings. The van der Waals surface area contributed by atoms with E-state index in [1.165, 1.54) is 12.7 Å². The Bertz CT molecular complexity index is 973. The molecule has 4 rings (SSSR count). The van der Waals surface area contributed by atoms with E-state index in [0.717, 1.165) is 30.6 Å². The fourth-order valence-electron chi connectivity index (χ4n) is 3.43.